The minimum Gasteiger partial charge on any atom is -0.461 e. The van der Waals surface area contributed by atoms with Crippen LogP contribution in [-0.2, 0) is 21.8 Å². The molecule has 8 nitrogen and oxygen atoms in total. The molecule has 0 saturated heterocycles. The summed E-state index contributed by atoms with van der Waals surface area (Å²) in [7, 11) is -2.30. The Morgan fingerprint density at radius 3 is 2.68 bits per heavy atom. The maximum Gasteiger partial charge on any atom is 0.355 e. The summed E-state index contributed by atoms with van der Waals surface area (Å²) in [5.41, 5.74) is 2.06. The van der Waals surface area contributed by atoms with Crippen LogP contribution in [0.5, 0.6) is 0 Å². The molecule has 0 fully saturated rings. The number of ether oxygens (including phenoxy) is 1. The summed E-state index contributed by atoms with van der Waals surface area (Å²) < 4.78 is 40.4. The summed E-state index contributed by atoms with van der Waals surface area (Å²) in [6.45, 7) is 5.15. The summed E-state index contributed by atoms with van der Waals surface area (Å²) in [5.74, 6) is -0.0305. The van der Waals surface area contributed by atoms with Crippen LogP contribution in [0, 0.1) is 13.8 Å². The van der Waals surface area contributed by atoms with Crippen molar-refractivity contribution < 1.29 is 22.5 Å². The first-order valence-corrected chi connectivity index (χ1v) is 10.1. The Kier molecular flexibility index (Phi) is 5.28. The minimum absolute atomic E-state index is 0.0584. The van der Waals surface area contributed by atoms with E-state index in [1.54, 1.807) is 58.2 Å². The highest BCUT2D eigenvalue weighted by Crippen LogP contribution is 2.29. The van der Waals surface area contributed by atoms with Crippen LogP contribution >= 0.6 is 0 Å². The average molecular weight is 403 g/mol. The van der Waals surface area contributed by atoms with Gasteiger partial charge < -0.3 is 13.8 Å². The van der Waals surface area contributed by atoms with Gasteiger partial charge in [0.1, 0.15) is 10.6 Å². The van der Waals surface area contributed by atoms with E-state index in [0.717, 1.165) is 0 Å². The van der Waals surface area contributed by atoms with E-state index in [2.05, 4.69) is 9.88 Å². The van der Waals surface area contributed by atoms with E-state index in [0.29, 0.717) is 28.3 Å². The van der Waals surface area contributed by atoms with Crippen LogP contribution in [0.15, 0.2) is 45.9 Å². The number of hydrogen-bond acceptors (Lipinski definition) is 6. The molecular formula is C19H21N3O5S. The molecule has 0 amide bonds. The van der Waals surface area contributed by atoms with Gasteiger partial charge in [-0.15, -0.1) is 0 Å². The molecule has 9 heteroatoms. The van der Waals surface area contributed by atoms with Crippen LogP contribution in [0.1, 0.15) is 28.7 Å². The fourth-order valence-electron chi connectivity index (χ4n) is 3.14. The zero-order valence-electron chi connectivity index (χ0n) is 16.0. The predicted octanol–water partition coefficient (Wildman–Crippen LogP) is 3.27. The van der Waals surface area contributed by atoms with Crippen molar-refractivity contribution in [2.75, 3.05) is 11.3 Å². The lowest BCUT2D eigenvalue weighted by atomic mass is 10.1. The monoisotopic (exact) mass is 403 g/mol. The molecular weight excluding hydrogens is 382 g/mol. The summed E-state index contributed by atoms with van der Waals surface area (Å²) in [6.07, 6.45) is 1.51. The van der Waals surface area contributed by atoms with Gasteiger partial charge in [-0.2, -0.15) is 0 Å². The van der Waals surface area contributed by atoms with Gasteiger partial charge in [-0.25, -0.2) is 13.2 Å². The number of anilines is 1. The molecule has 0 aliphatic carbocycles. The molecule has 0 aliphatic rings. The number of benzene rings is 1. The molecule has 0 saturated carbocycles. The molecule has 3 rings (SSSR count). The van der Waals surface area contributed by atoms with Crippen LogP contribution in [0.2, 0.25) is 0 Å². The molecule has 0 radical (unpaired) electrons. The Labute approximate surface area is 163 Å². The molecule has 2 heterocycles. The van der Waals surface area contributed by atoms with Gasteiger partial charge in [-0.3, -0.25) is 4.72 Å². The Hall–Kier alpha value is -3.07. The number of carbonyl (C=O) groups is 1. The lowest BCUT2D eigenvalue weighted by molar-refractivity contribution is 0.0514. The van der Waals surface area contributed by atoms with Gasteiger partial charge in [0.15, 0.2) is 5.76 Å². The molecule has 0 bridgehead atoms. The van der Waals surface area contributed by atoms with Crippen LogP contribution in [0.3, 0.4) is 0 Å². The highest BCUT2D eigenvalue weighted by molar-refractivity contribution is 7.92. The third-order valence-corrected chi connectivity index (χ3v) is 6.08. The summed E-state index contributed by atoms with van der Waals surface area (Å²) in [4.78, 5) is 12.3. The SMILES string of the molecule is CCOC(=O)c1c(C)c(S(=O)(=O)Nc2cccc(-c3ccno3)c2)c(C)n1C. The maximum absolute atomic E-state index is 13.1. The van der Waals surface area contributed by atoms with E-state index in [1.165, 1.54) is 10.8 Å². The molecule has 0 unspecified atom stereocenters. The Morgan fingerprint density at radius 2 is 2.04 bits per heavy atom. The van der Waals surface area contributed by atoms with Crippen LogP contribution < -0.4 is 4.72 Å². The lowest BCUT2D eigenvalue weighted by Crippen LogP contribution is -2.15. The standard InChI is InChI=1S/C19H21N3O5S/c1-5-26-19(23)17-12(2)18(13(3)22(17)4)28(24,25)21-15-8-6-7-14(11-15)16-9-10-20-27-16/h6-11,21H,5H2,1-4H3. The average Bonchev–Trinajstić information content (AvgIpc) is 3.23. The molecule has 0 aliphatic heterocycles. The van der Waals surface area contributed by atoms with Gasteiger partial charge in [0.05, 0.1) is 12.8 Å². The van der Waals surface area contributed by atoms with Crippen molar-refractivity contribution in [3.63, 3.8) is 0 Å². The molecule has 28 heavy (non-hydrogen) atoms. The normalized spacial score (nSPS) is 11.4. The number of aromatic nitrogens is 2. The van der Waals surface area contributed by atoms with Gasteiger partial charge in [-0.05, 0) is 32.9 Å². The van der Waals surface area contributed by atoms with Crippen molar-refractivity contribution in [2.45, 2.75) is 25.7 Å². The van der Waals surface area contributed by atoms with Crippen molar-refractivity contribution in [2.24, 2.45) is 7.05 Å². The van der Waals surface area contributed by atoms with Gasteiger partial charge in [0.2, 0.25) is 0 Å². The fourth-order valence-corrected chi connectivity index (χ4v) is 4.71. The number of nitrogens with one attached hydrogen (secondary N) is 1. The predicted molar refractivity (Wildman–Crippen MR) is 104 cm³/mol. The maximum atomic E-state index is 13.1. The third-order valence-electron chi connectivity index (χ3n) is 4.44. The van der Waals surface area contributed by atoms with E-state index < -0.39 is 16.0 Å². The highest BCUT2D eigenvalue weighted by atomic mass is 32.2. The summed E-state index contributed by atoms with van der Waals surface area (Å²) in [5, 5.41) is 3.66. The third kappa shape index (κ3) is 3.53. The quantitative estimate of drug-likeness (QED) is 0.634. The number of nitrogens with zero attached hydrogens (tertiary/aromatic N) is 2. The highest BCUT2D eigenvalue weighted by Gasteiger charge is 2.29. The number of carbonyl (C=O) groups excluding carboxylic acids is 1. The Balaban J connectivity index is 2.00. The van der Waals surface area contributed by atoms with Crippen molar-refractivity contribution in [3.05, 3.63) is 53.5 Å². The fraction of sp³-hybridized carbons (Fsp3) is 0.263. The summed E-state index contributed by atoms with van der Waals surface area (Å²) in [6, 6.07) is 8.47. The molecule has 148 valence electrons. The largest absolute Gasteiger partial charge is 0.461 e. The van der Waals surface area contributed by atoms with Gasteiger partial charge in [-0.1, -0.05) is 17.3 Å². The second kappa shape index (κ2) is 7.51. The molecule has 1 aromatic carbocycles. The number of hydrogen-bond donors (Lipinski definition) is 1. The van der Waals surface area contributed by atoms with Crippen LogP contribution in [-0.4, -0.2) is 30.7 Å². The summed E-state index contributed by atoms with van der Waals surface area (Å²) >= 11 is 0. The first kappa shape index (κ1) is 19.7. The second-order valence-corrected chi connectivity index (χ2v) is 7.85. The van der Waals surface area contributed by atoms with Crippen LogP contribution in [0.4, 0.5) is 5.69 Å². The number of esters is 1. The van der Waals surface area contributed by atoms with Crippen molar-refractivity contribution in [1.29, 1.82) is 0 Å². The van der Waals surface area contributed by atoms with Gasteiger partial charge in [0, 0.05) is 35.6 Å². The van der Waals surface area contributed by atoms with Crippen molar-refractivity contribution >= 4 is 21.7 Å². The molecule has 3 aromatic rings. The molecule has 2 aromatic heterocycles. The van der Waals surface area contributed by atoms with Gasteiger partial charge in [0.25, 0.3) is 10.0 Å². The Morgan fingerprint density at radius 1 is 1.29 bits per heavy atom. The van der Waals surface area contributed by atoms with E-state index in [-0.39, 0.29) is 17.2 Å². The van der Waals surface area contributed by atoms with Crippen LogP contribution in [0.25, 0.3) is 11.3 Å². The first-order chi connectivity index (χ1) is 13.3. The van der Waals surface area contributed by atoms with E-state index >= 15 is 0 Å². The minimum atomic E-state index is -3.94. The number of rotatable bonds is 6. The van der Waals surface area contributed by atoms with E-state index in [4.69, 9.17) is 9.26 Å². The molecule has 0 spiro atoms. The lowest BCUT2D eigenvalue weighted by Gasteiger charge is -2.10. The molecule has 1 N–H and O–H groups in total. The number of sulfonamides is 1. The first-order valence-electron chi connectivity index (χ1n) is 8.63. The van der Waals surface area contributed by atoms with Crippen molar-refractivity contribution in [3.8, 4) is 11.3 Å². The second-order valence-electron chi connectivity index (χ2n) is 6.23. The zero-order chi connectivity index (χ0) is 20.5. The van der Waals surface area contributed by atoms with Gasteiger partial charge >= 0.3 is 5.97 Å². The van der Waals surface area contributed by atoms with E-state index in [9.17, 15) is 13.2 Å². The van der Waals surface area contributed by atoms with E-state index in [1.807, 2.05) is 0 Å². The van der Waals surface area contributed by atoms with Crippen molar-refractivity contribution in [1.82, 2.24) is 9.72 Å². The topological polar surface area (TPSA) is 103 Å². The smallest absolute Gasteiger partial charge is 0.355 e. The molecule has 0 atom stereocenters. The Bertz CT molecular complexity index is 1110. The zero-order valence-corrected chi connectivity index (χ0v) is 16.8.